The molecule has 0 fully saturated rings. The molecule has 0 aliphatic carbocycles. The third-order valence-corrected chi connectivity index (χ3v) is 13.3. The fourth-order valence-corrected chi connectivity index (χ4v) is 9.30. The average Bonchev–Trinajstić information content (AvgIpc) is 3.66. The van der Waals surface area contributed by atoms with Crippen molar-refractivity contribution in [2.75, 3.05) is 0 Å². The van der Waals surface area contributed by atoms with Gasteiger partial charge in [0.05, 0.1) is 16.6 Å². The number of rotatable bonds is 6. The first-order chi connectivity index (χ1) is 31.5. The van der Waals surface area contributed by atoms with E-state index in [1.807, 2.05) is 18.3 Å². The van der Waals surface area contributed by atoms with E-state index in [4.69, 9.17) is 9.97 Å². The van der Waals surface area contributed by atoms with Gasteiger partial charge in [0.15, 0.2) is 0 Å². The van der Waals surface area contributed by atoms with Crippen molar-refractivity contribution in [1.29, 1.82) is 0 Å². The van der Waals surface area contributed by atoms with Crippen LogP contribution in [-0.4, -0.2) is 19.6 Å². The molecule has 5 heteroatoms. The molecule has 0 atom stereocenters. The van der Waals surface area contributed by atoms with Gasteiger partial charge in [-0.3, -0.25) is 9.55 Å². The number of phenols is 1. The number of aromatic nitrogens is 3. The van der Waals surface area contributed by atoms with Gasteiger partial charge in [-0.05, 0) is 120 Å². The van der Waals surface area contributed by atoms with Crippen LogP contribution in [0.2, 0.25) is 0 Å². The number of phenolic OH excluding ortho intramolecular Hbond substituents is 1. The van der Waals surface area contributed by atoms with E-state index in [1.54, 1.807) is 0 Å². The van der Waals surface area contributed by atoms with E-state index in [0.717, 1.165) is 66.9 Å². The fourth-order valence-electron chi connectivity index (χ4n) is 9.30. The van der Waals surface area contributed by atoms with Gasteiger partial charge in [0.1, 0.15) is 11.6 Å². The molecule has 0 unspecified atom stereocenters. The molecule has 0 spiro atoms. The van der Waals surface area contributed by atoms with Crippen LogP contribution in [0.4, 0.5) is 0 Å². The van der Waals surface area contributed by atoms with E-state index in [0.29, 0.717) is 11.4 Å². The maximum absolute atomic E-state index is 12.6. The summed E-state index contributed by atoms with van der Waals surface area (Å²) in [5.74, 6) is 0.834. The molecule has 0 saturated carbocycles. The first-order valence-electron chi connectivity index (χ1n) is 23.7. The maximum Gasteiger partial charge on any atom is 0.148 e. The van der Waals surface area contributed by atoms with Gasteiger partial charge in [0, 0.05) is 38.6 Å². The Balaban J connectivity index is 0.00000625. The number of aryl methyl sites for hydroxylation is 1. The van der Waals surface area contributed by atoms with E-state index in [1.165, 1.54) is 33.0 Å². The summed E-state index contributed by atoms with van der Waals surface area (Å²) in [6.07, 6.45) is 1.86. The zero-order valence-corrected chi connectivity index (χ0v) is 44.2. The SMILES string of the molecule is Cc1ccnc(-c2[c-]c(-c3cc(-c4ccccc4)cc4c3nc(-c3ccc(-c5c(C(C)(C)C)ccc6cc(C(C)(C)C)ccc56)cc3O)n4-c3cc(C(C)(C)C)cc(C(C)(C)C)c3)ccc2)c1.[Pt]. The molecule has 348 valence electrons. The average molecular weight is 1070 g/mol. The Morgan fingerprint density at radius 2 is 1.21 bits per heavy atom. The van der Waals surface area contributed by atoms with Crippen molar-refractivity contribution in [2.45, 2.75) is 112 Å². The van der Waals surface area contributed by atoms with Gasteiger partial charge in [-0.25, -0.2) is 4.98 Å². The van der Waals surface area contributed by atoms with Crippen molar-refractivity contribution < 1.29 is 26.2 Å². The standard InChI is InChI=1S/C63H64N3O.Pt/c1-39-28-29-64-54(30-39)43-21-17-20-41(31-43)52-33-45(40-18-15-14-16-19-40)34-55-58(52)65-59(66(55)49-37-47(61(5,6)7)36-48(38-49)62(8,9)10)51-25-22-44(35-56(51)67)57-50-26-24-46(60(2,3)4)32-42(50)23-27-53(57)63(11,12)13;/h14-30,32-38,67H,1-13H3;/q-1;. The normalized spacial score (nSPS) is 12.4. The van der Waals surface area contributed by atoms with Crippen LogP contribution in [0.15, 0.2) is 146 Å². The van der Waals surface area contributed by atoms with Gasteiger partial charge < -0.3 is 5.11 Å². The molecule has 4 nitrogen and oxygen atoms in total. The van der Waals surface area contributed by atoms with Crippen molar-refractivity contribution in [2.24, 2.45) is 0 Å². The second kappa shape index (κ2) is 17.8. The molecule has 9 aromatic rings. The van der Waals surface area contributed by atoms with Crippen LogP contribution in [-0.2, 0) is 42.7 Å². The quantitative estimate of drug-likeness (QED) is 0.169. The van der Waals surface area contributed by atoms with Crippen LogP contribution in [0.5, 0.6) is 5.75 Å². The Kier molecular flexibility index (Phi) is 12.6. The van der Waals surface area contributed by atoms with Crippen molar-refractivity contribution in [3.63, 3.8) is 0 Å². The van der Waals surface area contributed by atoms with Gasteiger partial charge in [-0.15, -0.1) is 29.8 Å². The summed E-state index contributed by atoms with van der Waals surface area (Å²) < 4.78 is 2.28. The minimum Gasteiger partial charge on any atom is -0.507 e. The molecule has 9 rings (SSSR count). The molecule has 0 saturated heterocycles. The van der Waals surface area contributed by atoms with Gasteiger partial charge in [0.2, 0.25) is 0 Å². The molecule has 0 radical (unpaired) electrons. The van der Waals surface area contributed by atoms with E-state index in [-0.39, 0.29) is 48.5 Å². The summed E-state index contributed by atoms with van der Waals surface area (Å²) in [6.45, 7) is 29.3. The predicted octanol–water partition coefficient (Wildman–Crippen LogP) is 16.9. The summed E-state index contributed by atoms with van der Waals surface area (Å²) >= 11 is 0. The minimum atomic E-state index is -0.145. The van der Waals surface area contributed by atoms with Crippen molar-refractivity contribution in [3.8, 4) is 67.5 Å². The molecule has 0 amide bonds. The second-order valence-electron chi connectivity index (χ2n) is 22.6. The Hall–Kier alpha value is -6.09. The number of fused-ring (bicyclic) bond motifs is 2. The van der Waals surface area contributed by atoms with Crippen LogP contribution in [0, 0.1) is 13.0 Å². The Bertz CT molecular complexity index is 3320. The maximum atomic E-state index is 12.6. The van der Waals surface area contributed by atoms with Gasteiger partial charge >= 0.3 is 0 Å². The third kappa shape index (κ3) is 9.38. The Morgan fingerprint density at radius 3 is 1.84 bits per heavy atom. The van der Waals surface area contributed by atoms with Gasteiger partial charge in [-0.1, -0.05) is 185 Å². The molecule has 1 N–H and O–H groups in total. The number of imidazole rings is 1. The van der Waals surface area contributed by atoms with E-state index in [9.17, 15) is 5.11 Å². The summed E-state index contributed by atoms with van der Waals surface area (Å²) in [4.78, 5) is 10.4. The number of pyridine rings is 1. The molecule has 2 aromatic heterocycles. The largest absolute Gasteiger partial charge is 0.507 e. The number of benzene rings is 7. The molecular weight excluding hydrogens is 1010 g/mol. The first kappa shape index (κ1) is 48.4. The number of hydrogen-bond acceptors (Lipinski definition) is 3. The molecule has 7 aromatic carbocycles. The molecule has 0 aliphatic heterocycles. The summed E-state index contributed by atoms with van der Waals surface area (Å²) in [6, 6.07) is 53.8. The van der Waals surface area contributed by atoms with E-state index >= 15 is 0 Å². The Labute approximate surface area is 418 Å². The number of nitrogens with zero attached hydrogens (tertiary/aromatic N) is 3. The predicted molar refractivity (Wildman–Crippen MR) is 284 cm³/mol. The summed E-state index contributed by atoms with van der Waals surface area (Å²) in [5.41, 5.74) is 17.1. The van der Waals surface area contributed by atoms with Crippen LogP contribution in [0.1, 0.15) is 111 Å². The van der Waals surface area contributed by atoms with Crippen LogP contribution in [0.25, 0.3) is 83.5 Å². The molecule has 68 heavy (non-hydrogen) atoms. The second-order valence-corrected chi connectivity index (χ2v) is 22.6. The minimum absolute atomic E-state index is 0. The van der Waals surface area contributed by atoms with Crippen molar-refractivity contribution in [3.05, 3.63) is 180 Å². The van der Waals surface area contributed by atoms with Crippen LogP contribution < -0.4 is 0 Å². The molecular formula is C63H64N3OPt-. The van der Waals surface area contributed by atoms with Crippen LogP contribution >= 0.6 is 0 Å². The van der Waals surface area contributed by atoms with Gasteiger partial charge in [0.25, 0.3) is 0 Å². The molecule has 0 bridgehead atoms. The van der Waals surface area contributed by atoms with Gasteiger partial charge in [-0.2, -0.15) is 0 Å². The topological polar surface area (TPSA) is 50.9 Å². The zero-order chi connectivity index (χ0) is 47.8. The molecule has 0 aliphatic rings. The van der Waals surface area contributed by atoms with Crippen molar-refractivity contribution >= 4 is 21.8 Å². The fraction of sp³-hybridized carbons (Fsp3) is 0.270. The zero-order valence-electron chi connectivity index (χ0n) is 42.0. The van der Waals surface area contributed by atoms with Crippen LogP contribution in [0.3, 0.4) is 0 Å². The molecule has 2 heterocycles. The van der Waals surface area contributed by atoms with Crippen molar-refractivity contribution in [1.82, 2.24) is 14.5 Å². The summed E-state index contributed by atoms with van der Waals surface area (Å²) in [5, 5.41) is 15.0. The number of aromatic hydroxyl groups is 1. The third-order valence-electron chi connectivity index (χ3n) is 13.3. The van der Waals surface area contributed by atoms with E-state index in [2.05, 4.69) is 228 Å². The first-order valence-corrected chi connectivity index (χ1v) is 23.7. The van der Waals surface area contributed by atoms with E-state index < -0.39 is 0 Å². The smallest absolute Gasteiger partial charge is 0.148 e. The number of hydrogen-bond donors (Lipinski definition) is 1. The monoisotopic (exact) mass is 1070 g/mol. The Morgan fingerprint density at radius 1 is 0.529 bits per heavy atom. The summed E-state index contributed by atoms with van der Waals surface area (Å²) in [7, 11) is 0.